The van der Waals surface area contributed by atoms with Gasteiger partial charge in [0.1, 0.15) is 0 Å². The molecule has 0 radical (unpaired) electrons. The van der Waals surface area contributed by atoms with Gasteiger partial charge < -0.3 is 5.32 Å². The number of hydrogen-bond acceptors (Lipinski definition) is 4. The van der Waals surface area contributed by atoms with E-state index >= 15 is 0 Å². The highest BCUT2D eigenvalue weighted by Crippen LogP contribution is 2.24. The van der Waals surface area contributed by atoms with E-state index in [1.54, 1.807) is 0 Å². The largest absolute Gasteiger partial charge is 0.312 e. The molecule has 0 bridgehead atoms. The molecule has 0 fully saturated rings. The van der Waals surface area contributed by atoms with Gasteiger partial charge in [0.25, 0.3) is 0 Å². The second kappa shape index (κ2) is 5.59. The number of likely N-dealkylation sites (N-methyl/N-ethyl adjacent to an activating group) is 1. The van der Waals surface area contributed by atoms with Gasteiger partial charge in [-0.1, -0.05) is 33.8 Å². The summed E-state index contributed by atoms with van der Waals surface area (Å²) in [5, 5.41) is 7.45. The molecule has 96 valence electrons. The van der Waals surface area contributed by atoms with Crippen LogP contribution in [0.4, 0.5) is 0 Å². The van der Waals surface area contributed by atoms with Crippen molar-refractivity contribution in [3.8, 4) is 0 Å². The first-order chi connectivity index (χ1) is 8.60. The Morgan fingerprint density at radius 1 is 1.17 bits per heavy atom. The Hall–Kier alpha value is -1.26. The average molecular weight is 261 g/mol. The third-order valence-corrected chi connectivity index (χ3v) is 4.01. The van der Waals surface area contributed by atoms with Crippen molar-refractivity contribution in [2.75, 3.05) is 7.05 Å². The van der Waals surface area contributed by atoms with Crippen molar-refractivity contribution >= 4 is 11.5 Å². The predicted octanol–water partition coefficient (Wildman–Crippen LogP) is 2.97. The minimum Gasteiger partial charge on any atom is -0.312 e. The van der Waals surface area contributed by atoms with E-state index in [-0.39, 0.29) is 0 Å². The lowest BCUT2D eigenvalue weighted by atomic mass is 10.00. The lowest BCUT2D eigenvalue weighted by molar-refractivity contribution is 0.597. The Bertz CT molecular complexity index is 513. The molecular weight excluding hydrogens is 242 g/mol. The summed E-state index contributed by atoms with van der Waals surface area (Å²) in [6.45, 7) is 6.30. The van der Waals surface area contributed by atoms with Crippen LogP contribution in [-0.2, 0) is 6.42 Å². The van der Waals surface area contributed by atoms with Crippen molar-refractivity contribution < 1.29 is 0 Å². The second-order valence-electron chi connectivity index (χ2n) is 4.76. The number of hydrogen-bond donors (Lipinski definition) is 1. The molecule has 1 unspecified atom stereocenters. The van der Waals surface area contributed by atoms with Crippen LogP contribution in [0.2, 0.25) is 0 Å². The van der Waals surface area contributed by atoms with Gasteiger partial charge in [-0.2, -0.15) is 0 Å². The van der Waals surface area contributed by atoms with Crippen LogP contribution in [-0.4, -0.2) is 16.6 Å². The standard InChI is InChI=1S/C14H19N3S/c1-9-5-10(2)7-12(6-9)8-13(15-4)14-11(3)16-17-18-14/h5-7,13,15H,8H2,1-4H3. The molecule has 1 heterocycles. The third kappa shape index (κ3) is 2.94. The molecule has 0 saturated heterocycles. The highest BCUT2D eigenvalue weighted by atomic mass is 32.1. The number of aryl methyl sites for hydroxylation is 3. The van der Waals surface area contributed by atoms with Crippen molar-refractivity contribution in [1.82, 2.24) is 14.9 Å². The minimum absolute atomic E-state index is 0.297. The van der Waals surface area contributed by atoms with Gasteiger partial charge in [0.15, 0.2) is 0 Å². The molecule has 0 amide bonds. The zero-order valence-corrected chi connectivity index (χ0v) is 12.1. The number of rotatable bonds is 4. The summed E-state index contributed by atoms with van der Waals surface area (Å²) in [4.78, 5) is 1.23. The fraction of sp³-hybridized carbons (Fsp3) is 0.429. The highest BCUT2D eigenvalue weighted by Gasteiger charge is 2.16. The first-order valence-electron chi connectivity index (χ1n) is 6.13. The Balaban J connectivity index is 2.23. The summed E-state index contributed by atoms with van der Waals surface area (Å²) in [7, 11) is 1.99. The number of aromatic nitrogens is 2. The molecule has 0 aliphatic heterocycles. The van der Waals surface area contributed by atoms with Crippen LogP contribution >= 0.6 is 11.5 Å². The Morgan fingerprint density at radius 2 is 1.83 bits per heavy atom. The monoisotopic (exact) mass is 261 g/mol. The molecule has 1 N–H and O–H groups in total. The first kappa shape index (κ1) is 13.2. The van der Waals surface area contributed by atoms with Crippen LogP contribution in [0, 0.1) is 20.8 Å². The van der Waals surface area contributed by atoms with E-state index in [1.165, 1.54) is 33.1 Å². The van der Waals surface area contributed by atoms with Gasteiger partial charge in [0, 0.05) is 6.04 Å². The van der Waals surface area contributed by atoms with E-state index in [1.807, 2.05) is 14.0 Å². The molecule has 2 rings (SSSR count). The number of benzene rings is 1. The van der Waals surface area contributed by atoms with E-state index in [9.17, 15) is 0 Å². The van der Waals surface area contributed by atoms with Gasteiger partial charge in [0.05, 0.1) is 10.6 Å². The molecule has 0 saturated carbocycles. The molecule has 1 atom stereocenters. The smallest absolute Gasteiger partial charge is 0.0772 e. The highest BCUT2D eigenvalue weighted by molar-refractivity contribution is 7.05. The summed E-state index contributed by atoms with van der Waals surface area (Å²) in [6, 6.07) is 7.01. The summed E-state index contributed by atoms with van der Waals surface area (Å²) in [5.41, 5.74) is 5.03. The van der Waals surface area contributed by atoms with Gasteiger partial charge in [-0.25, -0.2) is 0 Å². The first-order valence-corrected chi connectivity index (χ1v) is 6.90. The number of nitrogens with zero attached hydrogens (tertiary/aromatic N) is 2. The van der Waals surface area contributed by atoms with Gasteiger partial charge in [0.2, 0.25) is 0 Å². The normalized spacial score (nSPS) is 12.7. The fourth-order valence-corrected chi connectivity index (χ4v) is 3.06. The van der Waals surface area contributed by atoms with Crippen LogP contribution in [0.5, 0.6) is 0 Å². The molecule has 4 heteroatoms. The van der Waals surface area contributed by atoms with Crippen LogP contribution in [0.15, 0.2) is 18.2 Å². The lowest BCUT2D eigenvalue weighted by Crippen LogP contribution is -2.18. The van der Waals surface area contributed by atoms with Gasteiger partial charge in [-0.15, -0.1) is 5.10 Å². The molecule has 18 heavy (non-hydrogen) atoms. The zero-order chi connectivity index (χ0) is 13.1. The molecule has 1 aromatic carbocycles. The van der Waals surface area contributed by atoms with Crippen molar-refractivity contribution in [2.45, 2.75) is 33.2 Å². The van der Waals surface area contributed by atoms with Gasteiger partial charge in [-0.3, -0.25) is 0 Å². The van der Waals surface area contributed by atoms with Crippen LogP contribution in [0.1, 0.15) is 33.3 Å². The quantitative estimate of drug-likeness (QED) is 0.919. The van der Waals surface area contributed by atoms with E-state index in [0.717, 1.165) is 12.1 Å². The van der Waals surface area contributed by atoms with E-state index in [4.69, 9.17) is 0 Å². The average Bonchev–Trinajstić information content (AvgIpc) is 2.71. The maximum Gasteiger partial charge on any atom is 0.0772 e. The van der Waals surface area contributed by atoms with Crippen molar-refractivity contribution in [2.24, 2.45) is 0 Å². The van der Waals surface area contributed by atoms with Crippen molar-refractivity contribution in [3.05, 3.63) is 45.5 Å². The molecule has 2 aromatic rings. The van der Waals surface area contributed by atoms with Crippen LogP contribution in [0.3, 0.4) is 0 Å². The SMILES string of the molecule is CNC(Cc1cc(C)cc(C)c1)c1snnc1C. The topological polar surface area (TPSA) is 37.8 Å². The predicted molar refractivity (Wildman–Crippen MR) is 76.1 cm³/mol. The molecule has 3 nitrogen and oxygen atoms in total. The molecular formula is C14H19N3S. The third-order valence-electron chi connectivity index (χ3n) is 3.07. The second-order valence-corrected chi connectivity index (χ2v) is 5.55. The number of nitrogens with one attached hydrogen (secondary N) is 1. The summed E-state index contributed by atoms with van der Waals surface area (Å²) in [5.74, 6) is 0. The summed E-state index contributed by atoms with van der Waals surface area (Å²) >= 11 is 1.49. The Morgan fingerprint density at radius 3 is 2.33 bits per heavy atom. The lowest BCUT2D eigenvalue weighted by Gasteiger charge is -2.15. The maximum atomic E-state index is 4.09. The van der Waals surface area contributed by atoms with E-state index in [0.29, 0.717) is 6.04 Å². The molecule has 0 aliphatic carbocycles. The van der Waals surface area contributed by atoms with Crippen LogP contribution < -0.4 is 5.32 Å². The zero-order valence-electron chi connectivity index (χ0n) is 11.3. The van der Waals surface area contributed by atoms with Crippen molar-refractivity contribution in [3.63, 3.8) is 0 Å². The van der Waals surface area contributed by atoms with Crippen LogP contribution in [0.25, 0.3) is 0 Å². The Kier molecular flexibility index (Phi) is 4.09. The van der Waals surface area contributed by atoms with E-state index in [2.05, 4.69) is 47.0 Å². The van der Waals surface area contributed by atoms with E-state index < -0.39 is 0 Å². The summed E-state index contributed by atoms with van der Waals surface area (Å²) < 4.78 is 4.02. The van der Waals surface area contributed by atoms with Gasteiger partial charge in [-0.05, 0) is 51.3 Å². The Labute approximate surface area is 112 Å². The maximum absolute atomic E-state index is 4.09. The molecule has 0 spiro atoms. The molecule has 0 aliphatic rings. The molecule has 1 aromatic heterocycles. The fourth-order valence-electron chi connectivity index (χ4n) is 2.31. The summed E-state index contributed by atoms with van der Waals surface area (Å²) in [6.07, 6.45) is 0.976. The van der Waals surface area contributed by atoms with Gasteiger partial charge >= 0.3 is 0 Å². The minimum atomic E-state index is 0.297. The van der Waals surface area contributed by atoms with Crippen molar-refractivity contribution in [1.29, 1.82) is 0 Å².